The lowest BCUT2D eigenvalue weighted by atomic mass is 9.85. The van der Waals surface area contributed by atoms with Crippen LogP contribution in [0.3, 0.4) is 0 Å². The molecule has 3 aromatic heterocycles. The van der Waals surface area contributed by atoms with Crippen molar-refractivity contribution >= 4 is 23.1 Å². The van der Waals surface area contributed by atoms with Crippen molar-refractivity contribution in [2.24, 2.45) is 0 Å². The Bertz CT molecular complexity index is 1490. The highest BCUT2D eigenvalue weighted by atomic mass is 16.3. The van der Waals surface area contributed by atoms with Crippen molar-refractivity contribution in [3.63, 3.8) is 0 Å². The number of fused-ring (bicyclic) bond motifs is 1. The highest BCUT2D eigenvalue weighted by molar-refractivity contribution is 6.46. The topological polar surface area (TPSA) is 97.4 Å². The number of aromatic amines is 1. The lowest BCUT2D eigenvalue weighted by Crippen LogP contribution is -2.36. The lowest BCUT2D eigenvalue weighted by molar-refractivity contribution is -0.695. The van der Waals surface area contributed by atoms with Gasteiger partial charge in [-0.25, -0.2) is 9.55 Å². The summed E-state index contributed by atoms with van der Waals surface area (Å²) in [5, 5.41) is 14.0. The van der Waals surface area contributed by atoms with Crippen LogP contribution in [0.5, 0.6) is 0 Å². The summed E-state index contributed by atoms with van der Waals surface area (Å²) in [6, 6.07) is 12.6. The Balaban J connectivity index is 1.61. The number of aryl methyl sites for hydroxylation is 2. The highest BCUT2D eigenvalue weighted by Gasteiger charge is 2.44. The number of nitrogens with zero attached hydrogens (tertiary/aromatic N) is 4. The number of carbonyl (C=O) groups excluding carboxylic acids is 2. The van der Waals surface area contributed by atoms with E-state index in [-0.39, 0.29) is 11.0 Å². The monoisotopic (exact) mass is 497 g/mol. The first kappa shape index (κ1) is 24.5. The van der Waals surface area contributed by atoms with E-state index in [9.17, 15) is 14.7 Å². The van der Waals surface area contributed by atoms with Gasteiger partial charge in [0, 0.05) is 24.7 Å². The number of imidazole rings is 2. The number of aromatic nitrogens is 4. The Labute approximate surface area is 215 Å². The lowest BCUT2D eigenvalue weighted by Gasteiger charge is -2.28. The molecule has 190 valence electrons. The third kappa shape index (κ3) is 4.43. The molecule has 8 nitrogen and oxygen atoms in total. The van der Waals surface area contributed by atoms with E-state index in [2.05, 4.69) is 30.7 Å². The molecule has 1 atom stereocenters. The molecule has 0 bridgehead atoms. The van der Waals surface area contributed by atoms with Crippen LogP contribution in [-0.4, -0.2) is 37.5 Å². The number of Topliss-reactive ketones (excluding diaryl/α,β-unsaturated/α-hetero) is 1. The van der Waals surface area contributed by atoms with Crippen LogP contribution in [-0.2, 0) is 21.5 Å². The van der Waals surface area contributed by atoms with E-state index in [4.69, 9.17) is 0 Å². The van der Waals surface area contributed by atoms with E-state index in [1.165, 1.54) is 0 Å². The molecule has 4 aromatic rings. The molecule has 5 rings (SSSR count). The molecule has 1 aliphatic heterocycles. The quantitative estimate of drug-likeness (QED) is 0.192. The first-order chi connectivity index (χ1) is 17.7. The van der Waals surface area contributed by atoms with E-state index < -0.39 is 23.5 Å². The summed E-state index contributed by atoms with van der Waals surface area (Å²) in [4.78, 5) is 35.8. The van der Waals surface area contributed by atoms with Crippen molar-refractivity contribution in [3.8, 4) is 0 Å². The van der Waals surface area contributed by atoms with Gasteiger partial charge in [0.15, 0.2) is 0 Å². The van der Waals surface area contributed by atoms with Gasteiger partial charge in [0.05, 0.1) is 24.0 Å². The van der Waals surface area contributed by atoms with Crippen LogP contribution >= 0.6 is 0 Å². The molecule has 0 radical (unpaired) electrons. The van der Waals surface area contributed by atoms with Gasteiger partial charge in [-0.05, 0) is 35.6 Å². The first-order valence-corrected chi connectivity index (χ1v) is 12.5. The van der Waals surface area contributed by atoms with Crippen LogP contribution in [0.25, 0.3) is 11.4 Å². The average Bonchev–Trinajstić information content (AvgIpc) is 3.56. The largest absolute Gasteiger partial charge is 0.871 e. The van der Waals surface area contributed by atoms with Gasteiger partial charge in [-0.3, -0.25) is 14.6 Å². The molecule has 1 amide bonds. The standard InChI is InChI=1S/C29H31N5O3/c1-19-24(33-15-6-5-8-22(33)31-19)26(35)23-25(20-9-11-21(12-10-20)29(2,3)4)34(28(37)27(23)36)16-7-14-32-17-13-30-18-32/h5-6,8-13,15,17-18,25H,7,14,16H2,1-4H3,(H,35,36). The minimum absolute atomic E-state index is 0.0171. The molecular formula is C29H31N5O3. The number of hydrogen-bond donors (Lipinski definition) is 1. The summed E-state index contributed by atoms with van der Waals surface area (Å²) >= 11 is 0. The number of ketones is 1. The Morgan fingerprint density at radius 1 is 1.14 bits per heavy atom. The van der Waals surface area contributed by atoms with Gasteiger partial charge < -0.3 is 14.4 Å². The zero-order chi connectivity index (χ0) is 26.3. The minimum Gasteiger partial charge on any atom is -0.871 e. The molecule has 1 fully saturated rings. The number of benzene rings is 1. The maximum Gasteiger partial charge on any atom is 0.295 e. The molecule has 8 heteroatoms. The normalized spacial score (nSPS) is 17.7. The van der Waals surface area contributed by atoms with Crippen LogP contribution in [0.4, 0.5) is 0 Å². The Hall–Kier alpha value is -4.20. The van der Waals surface area contributed by atoms with Gasteiger partial charge >= 0.3 is 0 Å². The number of amides is 1. The predicted octanol–water partition coefficient (Wildman–Crippen LogP) is 2.87. The van der Waals surface area contributed by atoms with Gasteiger partial charge in [-0.15, -0.1) is 0 Å². The van der Waals surface area contributed by atoms with E-state index in [1.54, 1.807) is 22.4 Å². The number of hydrogen-bond acceptors (Lipinski definition) is 4. The molecule has 1 unspecified atom stereocenters. The summed E-state index contributed by atoms with van der Waals surface area (Å²) < 4.78 is 3.67. The minimum atomic E-state index is -0.758. The highest BCUT2D eigenvalue weighted by Crippen LogP contribution is 2.40. The third-order valence-corrected chi connectivity index (χ3v) is 6.96. The Kier molecular flexibility index (Phi) is 6.19. The predicted molar refractivity (Wildman–Crippen MR) is 137 cm³/mol. The van der Waals surface area contributed by atoms with Crippen LogP contribution in [0, 0.1) is 6.92 Å². The number of likely N-dealkylation sites (tertiary alicyclic amines) is 1. The van der Waals surface area contributed by atoms with Crippen LogP contribution in [0.1, 0.15) is 55.7 Å². The van der Waals surface area contributed by atoms with Gasteiger partial charge in [-0.2, -0.15) is 0 Å². The number of rotatable bonds is 6. The van der Waals surface area contributed by atoms with E-state index in [0.717, 1.165) is 11.1 Å². The maximum atomic E-state index is 14.0. The molecule has 1 aliphatic rings. The second-order valence-electron chi connectivity index (χ2n) is 10.5. The van der Waals surface area contributed by atoms with E-state index >= 15 is 0 Å². The van der Waals surface area contributed by atoms with Crippen LogP contribution < -0.4 is 9.67 Å². The van der Waals surface area contributed by atoms with Gasteiger partial charge in [0.25, 0.3) is 5.91 Å². The fourth-order valence-electron chi connectivity index (χ4n) is 5.01. The fraction of sp³-hybridized carbons (Fsp3) is 0.310. The summed E-state index contributed by atoms with van der Waals surface area (Å²) in [5.41, 5.74) is 3.26. The number of carbonyl (C=O) groups is 2. The number of nitrogens with one attached hydrogen (secondary N) is 1. The SMILES string of the molecule is Cc1nc2ccccn2c1C([O-])=C1C(=O)C(=O)N(CCC[n+]2cc[nH]c2)C1c1ccc(C(C)(C)C)cc1. The van der Waals surface area contributed by atoms with Crippen molar-refractivity contribution in [1.29, 1.82) is 0 Å². The second-order valence-corrected chi connectivity index (χ2v) is 10.5. The van der Waals surface area contributed by atoms with Gasteiger partial charge in [0.2, 0.25) is 12.1 Å². The van der Waals surface area contributed by atoms with Gasteiger partial charge in [-0.1, -0.05) is 56.9 Å². The molecular weight excluding hydrogens is 466 g/mol. The molecule has 4 heterocycles. The summed E-state index contributed by atoms with van der Waals surface area (Å²) in [6.07, 6.45) is 7.97. The first-order valence-electron chi connectivity index (χ1n) is 12.5. The molecule has 0 aliphatic carbocycles. The third-order valence-electron chi connectivity index (χ3n) is 6.96. The Morgan fingerprint density at radius 2 is 1.89 bits per heavy atom. The van der Waals surface area contributed by atoms with E-state index in [1.807, 2.05) is 65.8 Å². The summed E-state index contributed by atoms with van der Waals surface area (Å²) in [7, 11) is 0. The summed E-state index contributed by atoms with van der Waals surface area (Å²) in [5.74, 6) is -1.84. The van der Waals surface area contributed by atoms with E-state index in [0.29, 0.717) is 36.5 Å². The summed E-state index contributed by atoms with van der Waals surface area (Å²) in [6.45, 7) is 9.16. The second kappa shape index (κ2) is 9.35. The number of pyridine rings is 1. The zero-order valence-corrected chi connectivity index (χ0v) is 21.6. The van der Waals surface area contributed by atoms with Crippen molar-refractivity contribution in [2.75, 3.05) is 6.54 Å². The molecule has 1 saturated heterocycles. The average molecular weight is 498 g/mol. The van der Waals surface area contributed by atoms with Crippen molar-refractivity contribution in [2.45, 2.75) is 52.1 Å². The van der Waals surface area contributed by atoms with Gasteiger partial charge in [0.1, 0.15) is 18.0 Å². The van der Waals surface area contributed by atoms with Crippen molar-refractivity contribution < 1.29 is 19.3 Å². The Morgan fingerprint density at radius 3 is 2.57 bits per heavy atom. The maximum absolute atomic E-state index is 14.0. The molecule has 1 aromatic carbocycles. The van der Waals surface area contributed by atoms with Crippen molar-refractivity contribution in [3.05, 3.63) is 95.5 Å². The fourth-order valence-corrected chi connectivity index (χ4v) is 5.01. The molecule has 37 heavy (non-hydrogen) atoms. The molecule has 0 saturated carbocycles. The zero-order valence-electron chi connectivity index (χ0n) is 21.6. The molecule has 1 N–H and O–H groups in total. The van der Waals surface area contributed by atoms with Crippen LogP contribution in [0.2, 0.25) is 0 Å². The number of H-pyrrole nitrogens is 1. The van der Waals surface area contributed by atoms with Crippen LogP contribution in [0.15, 0.2) is 73.0 Å². The molecule has 0 spiro atoms. The smallest absolute Gasteiger partial charge is 0.295 e. The van der Waals surface area contributed by atoms with Crippen molar-refractivity contribution in [1.82, 2.24) is 19.3 Å².